The quantitative estimate of drug-likeness (QED) is 0.247. The Morgan fingerprint density at radius 1 is 1.03 bits per heavy atom. The van der Waals surface area contributed by atoms with E-state index in [1.807, 2.05) is 0 Å². The monoisotopic (exact) mass is 508 g/mol. The van der Waals surface area contributed by atoms with Crippen molar-refractivity contribution in [3.63, 3.8) is 0 Å². The second-order valence-electron chi connectivity index (χ2n) is 7.91. The van der Waals surface area contributed by atoms with Gasteiger partial charge in [0.25, 0.3) is 0 Å². The van der Waals surface area contributed by atoms with Crippen molar-refractivity contribution in [2.45, 2.75) is 0 Å². The van der Waals surface area contributed by atoms with E-state index in [4.69, 9.17) is 0 Å². The second kappa shape index (κ2) is 11.4. The molecule has 0 saturated carbocycles. The van der Waals surface area contributed by atoms with Gasteiger partial charge >= 0.3 is 0 Å². The largest absolute Gasteiger partial charge is 0.337 e. The fraction of sp³-hybridized carbons (Fsp3) is 0.120. The Kier molecular flexibility index (Phi) is 7.79. The molecule has 2 aromatic heterocycles. The van der Waals surface area contributed by atoms with Crippen molar-refractivity contribution >= 4 is 34.7 Å². The van der Waals surface area contributed by atoms with Crippen LogP contribution in [0.25, 0.3) is 11.1 Å². The van der Waals surface area contributed by atoms with E-state index >= 15 is 0 Å². The van der Waals surface area contributed by atoms with Crippen molar-refractivity contribution < 1.29 is 18.0 Å². The topological polar surface area (TPSA) is 109 Å². The molecule has 0 aliphatic rings. The van der Waals surface area contributed by atoms with Crippen LogP contribution in [0.4, 0.5) is 42.0 Å². The third kappa shape index (κ3) is 6.70. The molecule has 1 amide bonds. The minimum absolute atomic E-state index is 0.0267. The van der Waals surface area contributed by atoms with Crippen LogP contribution in [-0.4, -0.2) is 39.2 Å². The summed E-state index contributed by atoms with van der Waals surface area (Å²) in [6, 6.07) is 6.94. The van der Waals surface area contributed by atoms with Gasteiger partial charge in [-0.3, -0.25) is 9.48 Å². The van der Waals surface area contributed by atoms with E-state index in [-0.39, 0.29) is 28.6 Å². The molecule has 4 aromatic rings. The first-order valence-electron chi connectivity index (χ1n) is 11.1. The maximum absolute atomic E-state index is 14.8. The van der Waals surface area contributed by atoms with Gasteiger partial charge in [0.05, 0.1) is 17.6 Å². The first-order chi connectivity index (χ1) is 17.8. The van der Waals surface area contributed by atoms with Crippen LogP contribution >= 0.6 is 0 Å². The Bertz CT molecular complexity index is 1430. The van der Waals surface area contributed by atoms with Crippen LogP contribution < -0.4 is 21.3 Å². The second-order valence-corrected chi connectivity index (χ2v) is 7.91. The molecule has 9 nitrogen and oxygen atoms in total. The first-order valence-corrected chi connectivity index (χ1v) is 11.1. The number of halogens is 3. The Morgan fingerprint density at radius 3 is 2.51 bits per heavy atom. The molecule has 4 rings (SSSR count). The molecule has 190 valence electrons. The number of benzene rings is 2. The summed E-state index contributed by atoms with van der Waals surface area (Å²) in [5.74, 6) is -2.41. The van der Waals surface area contributed by atoms with Gasteiger partial charge < -0.3 is 21.3 Å². The van der Waals surface area contributed by atoms with Crippen molar-refractivity contribution in [3.05, 3.63) is 84.6 Å². The molecular formula is C25H23F3N8O. The highest BCUT2D eigenvalue weighted by Crippen LogP contribution is 2.32. The number of rotatable bonds is 9. The van der Waals surface area contributed by atoms with Gasteiger partial charge in [-0.05, 0) is 42.9 Å². The number of carbonyl (C=O) groups excluding carboxylic acids is 1. The molecule has 12 heteroatoms. The van der Waals surface area contributed by atoms with E-state index in [1.165, 1.54) is 30.5 Å². The first kappa shape index (κ1) is 25.4. The summed E-state index contributed by atoms with van der Waals surface area (Å²) in [6.07, 6.45) is 7.61. The lowest BCUT2D eigenvalue weighted by Gasteiger charge is -2.15. The highest BCUT2D eigenvalue weighted by molar-refractivity contribution is 5.99. The van der Waals surface area contributed by atoms with Crippen molar-refractivity contribution in [1.29, 1.82) is 0 Å². The number of hydrogen-bond acceptors (Lipinski definition) is 7. The SMILES string of the molecule is CNC/C=C/C(=O)Nc1ccc(F)c(Nc2nc(Nc3cnn(C)c3)ncc2-c2cc(F)cc(F)c2)c1. The van der Waals surface area contributed by atoms with Crippen molar-refractivity contribution in [2.75, 3.05) is 29.5 Å². The fourth-order valence-corrected chi connectivity index (χ4v) is 3.37. The van der Waals surface area contributed by atoms with Gasteiger partial charge in [0.1, 0.15) is 23.3 Å². The van der Waals surface area contributed by atoms with Crippen LogP contribution in [0.15, 0.2) is 67.1 Å². The minimum atomic E-state index is -0.791. The summed E-state index contributed by atoms with van der Waals surface area (Å²) < 4.78 is 44.3. The maximum Gasteiger partial charge on any atom is 0.248 e. The van der Waals surface area contributed by atoms with Gasteiger partial charge in [0.15, 0.2) is 0 Å². The molecule has 0 aliphatic heterocycles. The zero-order valence-electron chi connectivity index (χ0n) is 19.9. The molecule has 0 radical (unpaired) electrons. The number of carbonyl (C=O) groups is 1. The molecule has 0 aliphatic carbocycles. The summed E-state index contributed by atoms with van der Waals surface area (Å²) in [6.45, 7) is 0.510. The zero-order valence-corrected chi connectivity index (χ0v) is 19.9. The molecule has 0 atom stereocenters. The average Bonchev–Trinajstić information content (AvgIpc) is 3.25. The summed E-state index contributed by atoms with van der Waals surface area (Å²) >= 11 is 0. The lowest BCUT2D eigenvalue weighted by Crippen LogP contribution is -2.11. The van der Waals surface area contributed by atoms with Crippen LogP contribution in [-0.2, 0) is 11.8 Å². The Morgan fingerprint density at radius 2 is 1.81 bits per heavy atom. The van der Waals surface area contributed by atoms with E-state index in [9.17, 15) is 18.0 Å². The lowest BCUT2D eigenvalue weighted by atomic mass is 10.1. The summed E-state index contributed by atoms with van der Waals surface area (Å²) in [5, 5.41) is 15.4. The van der Waals surface area contributed by atoms with Crippen molar-refractivity contribution in [2.24, 2.45) is 7.05 Å². The predicted octanol–water partition coefficient (Wildman–Crippen LogP) is 4.50. The van der Waals surface area contributed by atoms with Crippen LogP contribution in [0.2, 0.25) is 0 Å². The Labute approximate surface area is 210 Å². The van der Waals surface area contributed by atoms with E-state index in [1.54, 1.807) is 37.2 Å². The standard InChI is InChI=1S/C25H23F3N8O/c1-29-7-3-4-23(37)32-18-5-6-21(28)22(11-18)34-24-20(15-8-16(26)10-17(27)9-15)13-30-25(35-24)33-19-12-31-36(2)14-19/h3-6,8-14,29H,7H2,1-2H3,(H,32,37)(H2,30,33,34,35)/b4-3+. The summed E-state index contributed by atoms with van der Waals surface area (Å²) in [7, 11) is 3.49. The van der Waals surface area contributed by atoms with E-state index in [2.05, 4.69) is 36.3 Å². The molecular weight excluding hydrogens is 485 g/mol. The molecule has 37 heavy (non-hydrogen) atoms. The van der Waals surface area contributed by atoms with E-state index in [0.717, 1.165) is 18.2 Å². The third-order valence-corrected chi connectivity index (χ3v) is 5.00. The van der Waals surface area contributed by atoms with Gasteiger partial charge in [0.2, 0.25) is 11.9 Å². The molecule has 4 N–H and O–H groups in total. The molecule has 0 saturated heterocycles. The van der Waals surface area contributed by atoms with E-state index < -0.39 is 23.4 Å². The maximum atomic E-state index is 14.8. The van der Waals surface area contributed by atoms with Gasteiger partial charge in [-0.1, -0.05) is 6.08 Å². The van der Waals surface area contributed by atoms with Crippen molar-refractivity contribution in [1.82, 2.24) is 25.1 Å². The number of aryl methyl sites for hydroxylation is 1. The smallest absolute Gasteiger partial charge is 0.248 e. The number of hydrogen-bond donors (Lipinski definition) is 4. The van der Waals surface area contributed by atoms with Gasteiger partial charge in [-0.2, -0.15) is 10.1 Å². The lowest BCUT2D eigenvalue weighted by molar-refractivity contribution is -0.111. The summed E-state index contributed by atoms with van der Waals surface area (Å²) in [5.41, 5.74) is 1.26. The normalized spacial score (nSPS) is 11.1. The number of likely N-dealkylation sites (N-methyl/N-ethyl adjacent to an activating group) is 1. The van der Waals surface area contributed by atoms with Crippen molar-refractivity contribution in [3.8, 4) is 11.1 Å². The highest BCUT2D eigenvalue weighted by Gasteiger charge is 2.15. The molecule has 2 aromatic carbocycles. The molecule has 0 fully saturated rings. The highest BCUT2D eigenvalue weighted by atomic mass is 19.1. The fourth-order valence-electron chi connectivity index (χ4n) is 3.37. The third-order valence-electron chi connectivity index (χ3n) is 5.00. The predicted molar refractivity (Wildman–Crippen MR) is 135 cm³/mol. The Balaban J connectivity index is 1.69. The minimum Gasteiger partial charge on any atom is -0.337 e. The number of nitrogens with one attached hydrogen (secondary N) is 4. The van der Waals surface area contributed by atoms with Gasteiger partial charge in [0, 0.05) is 49.4 Å². The number of amides is 1. The zero-order chi connectivity index (χ0) is 26.4. The van der Waals surface area contributed by atoms with Crippen LogP contribution in [0.1, 0.15) is 0 Å². The van der Waals surface area contributed by atoms with Crippen LogP contribution in [0.3, 0.4) is 0 Å². The van der Waals surface area contributed by atoms with Gasteiger partial charge in [-0.15, -0.1) is 0 Å². The van der Waals surface area contributed by atoms with Crippen LogP contribution in [0.5, 0.6) is 0 Å². The molecule has 0 spiro atoms. The molecule has 0 unspecified atom stereocenters. The number of nitrogens with zero attached hydrogens (tertiary/aromatic N) is 4. The van der Waals surface area contributed by atoms with Crippen LogP contribution in [0, 0.1) is 17.5 Å². The average molecular weight is 509 g/mol. The Hall–Kier alpha value is -4.71. The molecule has 0 bridgehead atoms. The number of anilines is 5. The number of aromatic nitrogens is 4. The summed E-state index contributed by atoms with van der Waals surface area (Å²) in [4.78, 5) is 20.7. The van der Waals surface area contributed by atoms with E-state index in [0.29, 0.717) is 17.9 Å². The molecule has 2 heterocycles. The van der Waals surface area contributed by atoms with Gasteiger partial charge in [-0.25, -0.2) is 18.2 Å².